The summed E-state index contributed by atoms with van der Waals surface area (Å²) in [7, 11) is 1.55. The third-order valence-electron chi connectivity index (χ3n) is 3.46. The summed E-state index contributed by atoms with van der Waals surface area (Å²) in [6.07, 6.45) is 0.0134. The minimum atomic E-state index is -0.967. The molecule has 1 N–H and O–H groups in total. The van der Waals surface area contributed by atoms with E-state index in [1.54, 1.807) is 7.05 Å². The molecule has 0 fully saturated rings. The third-order valence-corrected chi connectivity index (χ3v) is 3.46. The van der Waals surface area contributed by atoms with Crippen molar-refractivity contribution in [1.29, 1.82) is 0 Å². The van der Waals surface area contributed by atoms with Crippen molar-refractivity contribution in [3.63, 3.8) is 0 Å². The fourth-order valence-electron chi connectivity index (χ4n) is 2.22. The average Bonchev–Trinajstić information content (AvgIpc) is 2.45. The smallest absolute Gasteiger partial charge is 0.162 e. The first-order valence-corrected chi connectivity index (χ1v) is 6.49. The van der Waals surface area contributed by atoms with Crippen LogP contribution in [0.3, 0.4) is 0 Å². The minimum absolute atomic E-state index is 0.0134. The highest BCUT2D eigenvalue weighted by Gasteiger charge is 2.19. The number of hydrogen-bond acceptors (Lipinski definition) is 1. The Kier molecular flexibility index (Phi) is 4.63. The highest BCUT2D eigenvalue weighted by atomic mass is 19.2. The molecule has 0 radical (unpaired) electrons. The Morgan fingerprint density at radius 2 is 1.71 bits per heavy atom. The van der Waals surface area contributed by atoms with Crippen molar-refractivity contribution in [3.8, 4) is 0 Å². The Labute approximate surface area is 120 Å². The Morgan fingerprint density at radius 3 is 2.38 bits per heavy atom. The lowest BCUT2D eigenvalue weighted by molar-refractivity contribution is 0.478. The van der Waals surface area contributed by atoms with Crippen LogP contribution in [0.4, 0.5) is 17.6 Å². The maximum Gasteiger partial charge on any atom is 0.162 e. The molecule has 2 aromatic carbocycles. The second kappa shape index (κ2) is 6.26. The Bertz CT molecular complexity index is 655. The molecule has 0 aliphatic carbocycles. The second-order valence-corrected chi connectivity index (χ2v) is 4.88. The van der Waals surface area contributed by atoms with Gasteiger partial charge in [-0.05, 0) is 49.7 Å². The average molecular weight is 297 g/mol. The van der Waals surface area contributed by atoms with Gasteiger partial charge in [0.1, 0.15) is 11.6 Å². The number of likely N-dealkylation sites (N-methyl/N-ethyl adjacent to an activating group) is 1. The van der Waals surface area contributed by atoms with Crippen molar-refractivity contribution in [1.82, 2.24) is 5.32 Å². The van der Waals surface area contributed by atoms with E-state index in [2.05, 4.69) is 5.32 Å². The van der Waals surface area contributed by atoms with Crippen molar-refractivity contribution in [2.45, 2.75) is 19.4 Å². The van der Waals surface area contributed by atoms with Crippen LogP contribution in [0.2, 0.25) is 0 Å². The van der Waals surface area contributed by atoms with E-state index in [0.717, 1.165) is 18.2 Å². The van der Waals surface area contributed by atoms with Crippen molar-refractivity contribution in [3.05, 3.63) is 70.3 Å². The quantitative estimate of drug-likeness (QED) is 0.839. The van der Waals surface area contributed by atoms with E-state index in [9.17, 15) is 17.6 Å². The van der Waals surface area contributed by atoms with Crippen LogP contribution in [0.5, 0.6) is 0 Å². The SMILES string of the molecule is CNC(Cc1cccc(F)c1F)c1cc(F)c(C)cc1F. The fourth-order valence-corrected chi connectivity index (χ4v) is 2.22. The molecule has 21 heavy (non-hydrogen) atoms. The number of hydrogen-bond donors (Lipinski definition) is 1. The van der Waals surface area contributed by atoms with E-state index >= 15 is 0 Å². The summed E-state index contributed by atoms with van der Waals surface area (Å²) in [5, 5.41) is 2.81. The molecular weight excluding hydrogens is 282 g/mol. The van der Waals surface area contributed by atoms with Crippen molar-refractivity contribution in [2.24, 2.45) is 0 Å². The molecule has 2 aromatic rings. The van der Waals surface area contributed by atoms with Gasteiger partial charge in [0.15, 0.2) is 11.6 Å². The molecule has 0 bridgehead atoms. The molecule has 1 nitrogen and oxygen atoms in total. The summed E-state index contributed by atoms with van der Waals surface area (Å²) in [4.78, 5) is 0. The van der Waals surface area contributed by atoms with Gasteiger partial charge in [-0.2, -0.15) is 0 Å². The lowest BCUT2D eigenvalue weighted by Gasteiger charge is -2.18. The van der Waals surface area contributed by atoms with E-state index in [1.165, 1.54) is 19.1 Å². The van der Waals surface area contributed by atoms with Crippen LogP contribution >= 0.6 is 0 Å². The van der Waals surface area contributed by atoms with Crippen LogP contribution in [-0.2, 0) is 6.42 Å². The molecule has 1 unspecified atom stereocenters. The zero-order valence-corrected chi connectivity index (χ0v) is 11.7. The predicted molar refractivity (Wildman–Crippen MR) is 73.0 cm³/mol. The van der Waals surface area contributed by atoms with Gasteiger partial charge in [-0.15, -0.1) is 0 Å². The van der Waals surface area contributed by atoms with Gasteiger partial charge in [0, 0.05) is 11.6 Å². The molecule has 0 amide bonds. The molecule has 112 valence electrons. The third kappa shape index (κ3) is 3.24. The summed E-state index contributed by atoms with van der Waals surface area (Å²) in [5.41, 5.74) is 0.391. The van der Waals surface area contributed by atoms with Gasteiger partial charge in [-0.25, -0.2) is 17.6 Å². The first-order valence-electron chi connectivity index (χ1n) is 6.49. The molecule has 5 heteroatoms. The summed E-state index contributed by atoms with van der Waals surface area (Å²) in [6.45, 7) is 1.46. The van der Waals surface area contributed by atoms with Crippen molar-refractivity contribution < 1.29 is 17.6 Å². The van der Waals surface area contributed by atoms with E-state index in [-0.39, 0.29) is 23.1 Å². The summed E-state index contributed by atoms with van der Waals surface area (Å²) in [6, 6.07) is 5.34. The zero-order chi connectivity index (χ0) is 15.6. The normalized spacial score (nSPS) is 12.5. The van der Waals surface area contributed by atoms with Crippen LogP contribution in [0, 0.1) is 30.2 Å². The Morgan fingerprint density at radius 1 is 1.00 bits per heavy atom. The summed E-state index contributed by atoms with van der Waals surface area (Å²) < 4.78 is 54.5. The Balaban J connectivity index is 2.37. The first kappa shape index (κ1) is 15.5. The van der Waals surface area contributed by atoms with Crippen LogP contribution in [0.1, 0.15) is 22.7 Å². The number of rotatable bonds is 4. The van der Waals surface area contributed by atoms with E-state index in [1.807, 2.05) is 0 Å². The molecule has 0 saturated heterocycles. The molecule has 2 rings (SSSR count). The first-order chi connectivity index (χ1) is 9.93. The summed E-state index contributed by atoms with van der Waals surface area (Å²) >= 11 is 0. The minimum Gasteiger partial charge on any atom is -0.313 e. The molecule has 0 spiro atoms. The van der Waals surface area contributed by atoms with Gasteiger partial charge in [0.2, 0.25) is 0 Å². The van der Waals surface area contributed by atoms with E-state index in [4.69, 9.17) is 0 Å². The molecule has 1 atom stereocenters. The number of benzene rings is 2. The molecule has 0 aliphatic rings. The van der Waals surface area contributed by atoms with Crippen molar-refractivity contribution >= 4 is 0 Å². The molecule has 0 aromatic heterocycles. The molecule has 0 heterocycles. The van der Waals surface area contributed by atoms with Crippen molar-refractivity contribution in [2.75, 3.05) is 7.05 Å². The maximum absolute atomic E-state index is 14.0. The van der Waals surface area contributed by atoms with Gasteiger partial charge in [-0.1, -0.05) is 12.1 Å². The predicted octanol–water partition coefficient (Wildman–Crippen LogP) is 4.05. The second-order valence-electron chi connectivity index (χ2n) is 4.88. The fraction of sp³-hybridized carbons (Fsp3) is 0.250. The largest absolute Gasteiger partial charge is 0.313 e. The Hall–Kier alpha value is -1.88. The number of aryl methyl sites for hydroxylation is 1. The summed E-state index contributed by atoms with van der Waals surface area (Å²) in [5.74, 6) is -3.04. The highest BCUT2D eigenvalue weighted by molar-refractivity contribution is 5.30. The monoisotopic (exact) mass is 297 g/mol. The molecule has 0 aliphatic heterocycles. The van der Waals surface area contributed by atoms with Gasteiger partial charge < -0.3 is 5.32 Å². The zero-order valence-electron chi connectivity index (χ0n) is 11.7. The molecule has 0 saturated carbocycles. The standard InChI is InChI=1S/C16H15F4N/c1-9-6-14(19)11(8-13(9)18)15(21-2)7-10-4-3-5-12(17)16(10)20/h3-6,8,15,21H,7H2,1-2H3. The van der Waals surface area contributed by atoms with Crippen LogP contribution in [-0.4, -0.2) is 7.05 Å². The molecular formula is C16H15F4N. The topological polar surface area (TPSA) is 12.0 Å². The van der Waals surface area contributed by atoms with Crippen LogP contribution < -0.4 is 5.32 Å². The van der Waals surface area contributed by atoms with Gasteiger partial charge in [-0.3, -0.25) is 0 Å². The van der Waals surface area contributed by atoms with E-state index in [0.29, 0.717) is 0 Å². The maximum atomic E-state index is 14.0. The van der Waals surface area contributed by atoms with Gasteiger partial charge in [0.05, 0.1) is 0 Å². The van der Waals surface area contributed by atoms with Crippen LogP contribution in [0.15, 0.2) is 30.3 Å². The van der Waals surface area contributed by atoms with Gasteiger partial charge in [0.25, 0.3) is 0 Å². The lowest BCUT2D eigenvalue weighted by Crippen LogP contribution is -2.21. The van der Waals surface area contributed by atoms with Gasteiger partial charge >= 0.3 is 0 Å². The van der Waals surface area contributed by atoms with E-state index < -0.39 is 29.3 Å². The number of halogens is 4. The highest BCUT2D eigenvalue weighted by Crippen LogP contribution is 2.25. The number of nitrogens with one attached hydrogen (secondary N) is 1. The lowest BCUT2D eigenvalue weighted by atomic mass is 9.97. The van der Waals surface area contributed by atoms with Crippen LogP contribution in [0.25, 0.3) is 0 Å².